The van der Waals surface area contributed by atoms with Gasteiger partial charge in [-0.05, 0) is 41.1 Å². The summed E-state index contributed by atoms with van der Waals surface area (Å²) in [5.74, 6) is -0.0867. The van der Waals surface area contributed by atoms with E-state index in [-0.39, 0.29) is 18.6 Å². The summed E-state index contributed by atoms with van der Waals surface area (Å²) in [4.78, 5) is 10.7. The van der Waals surface area contributed by atoms with E-state index in [1.165, 1.54) is 6.07 Å². The molecule has 174 valence electrons. The Morgan fingerprint density at radius 2 is 1.82 bits per heavy atom. The highest BCUT2D eigenvalue weighted by Gasteiger charge is 2.38. The zero-order valence-electron chi connectivity index (χ0n) is 17.4. The number of ether oxygens (including phenoxy) is 2. The van der Waals surface area contributed by atoms with Crippen molar-refractivity contribution >= 4 is 6.29 Å². The maximum Gasteiger partial charge on any atom is 0.423 e. The number of carbonyl (C=O) groups is 1. The summed E-state index contributed by atoms with van der Waals surface area (Å²) in [6.45, 7) is -0.177. The Balaban J connectivity index is 1.45. The van der Waals surface area contributed by atoms with Gasteiger partial charge in [-0.1, -0.05) is 30.3 Å². The Morgan fingerprint density at radius 1 is 1.03 bits per heavy atom. The van der Waals surface area contributed by atoms with Gasteiger partial charge in [-0.25, -0.2) is 0 Å². The Kier molecular flexibility index (Phi) is 6.44. The molecule has 0 aliphatic carbocycles. The number of phenolic OH excluding ortho intramolecular Hbond substituents is 1. The predicted molar refractivity (Wildman–Crippen MR) is 113 cm³/mol. The Hall–Kier alpha value is -4.41. The number of hydrogen-bond acceptors (Lipinski definition) is 7. The number of halogens is 3. The maximum atomic E-state index is 13.5. The summed E-state index contributed by atoms with van der Waals surface area (Å²) < 4.78 is 51.6. The first kappa shape index (κ1) is 22.8. The monoisotopic (exact) mass is 470 g/mol. The van der Waals surface area contributed by atoms with Gasteiger partial charge < -0.3 is 19.4 Å². The van der Waals surface area contributed by atoms with Crippen molar-refractivity contribution in [3.8, 4) is 34.4 Å². The lowest BCUT2D eigenvalue weighted by Gasteiger charge is -2.17. The first-order valence-electron chi connectivity index (χ1n) is 9.94. The number of alkyl halides is 3. The van der Waals surface area contributed by atoms with Crippen LogP contribution in [0, 0.1) is 0 Å². The summed E-state index contributed by atoms with van der Waals surface area (Å²) in [7, 11) is 0. The highest BCUT2D eigenvalue weighted by Crippen LogP contribution is 2.44. The van der Waals surface area contributed by atoms with Crippen LogP contribution in [0.2, 0.25) is 0 Å². The van der Waals surface area contributed by atoms with Crippen LogP contribution in [-0.4, -0.2) is 32.0 Å². The van der Waals surface area contributed by atoms with Gasteiger partial charge in [-0.2, -0.15) is 18.4 Å². The molecule has 0 radical (unpaired) electrons. The van der Waals surface area contributed by atoms with Gasteiger partial charge in [0.15, 0.2) is 0 Å². The van der Waals surface area contributed by atoms with Gasteiger partial charge in [-0.15, -0.1) is 10.2 Å². The molecule has 2 N–H and O–H groups in total. The number of nitrogens with one attached hydrogen (secondary N) is 1. The van der Waals surface area contributed by atoms with Crippen LogP contribution in [0.1, 0.15) is 16.7 Å². The maximum absolute atomic E-state index is 13.5. The highest BCUT2D eigenvalue weighted by molar-refractivity contribution is 5.61. The molecule has 8 nitrogen and oxygen atoms in total. The summed E-state index contributed by atoms with van der Waals surface area (Å²) >= 11 is 0. The van der Waals surface area contributed by atoms with Crippen LogP contribution in [0.3, 0.4) is 0 Å². The third-order valence-electron chi connectivity index (χ3n) is 4.80. The van der Waals surface area contributed by atoms with Crippen molar-refractivity contribution in [1.29, 1.82) is 0 Å². The van der Waals surface area contributed by atoms with Crippen molar-refractivity contribution in [3.05, 3.63) is 77.4 Å². The molecule has 1 aromatic heterocycles. The minimum Gasteiger partial charge on any atom is -0.507 e. The molecule has 0 spiro atoms. The van der Waals surface area contributed by atoms with Gasteiger partial charge in [-0.3, -0.25) is 0 Å². The number of aromatic hydroxyl groups is 1. The molecule has 0 saturated carbocycles. The summed E-state index contributed by atoms with van der Waals surface area (Å²) in [5.41, 5.74) is -0.149. The Labute approximate surface area is 191 Å². The number of rotatable bonds is 8. The van der Waals surface area contributed by atoms with Crippen molar-refractivity contribution in [2.24, 2.45) is 0 Å². The number of tetrazole rings is 1. The van der Waals surface area contributed by atoms with Crippen LogP contribution in [0.4, 0.5) is 13.2 Å². The standard InChI is InChI=1S/C23H17F3N4O4/c24-23(25,26)20-19(9-6-15(10-11-31)21(20)32)33-13-14-4-7-17(8-5-14)34-18-3-1-2-16(12-18)22-27-29-30-28-22/h1-9,11-12,32H,10,13H2,(H,27,28,29,30). The van der Waals surface area contributed by atoms with E-state index < -0.39 is 23.2 Å². The minimum absolute atomic E-state index is 0.125. The molecule has 4 aromatic rings. The number of aldehydes is 1. The molecule has 0 atom stereocenters. The van der Waals surface area contributed by atoms with Crippen molar-refractivity contribution < 1.29 is 32.5 Å². The van der Waals surface area contributed by atoms with E-state index in [1.54, 1.807) is 48.5 Å². The topological polar surface area (TPSA) is 110 Å². The SMILES string of the molecule is O=CCc1ccc(OCc2ccc(Oc3cccc(-c4nn[nH]n4)c3)cc2)c(C(F)(F)F)c1O. The number of nitrogens with zero attached hydrogens (tertiary/aromatic N) is 3. The number of phenols is 1. The number of carbonyl (C=O) groups excluding carboxylic acids is 1. The Bertz CT molecular complexity index is 1280. The molecular weight excluding hydrogens is 453 g/mol. The first-order valence-corrected chi connectivity index (χ1v) is 9.94. The van der Waals surface area contributed by atoms with Gasteiger partial charge in [0.2, 0.25) is 5.82 Å². The molecular formula is C23H17F3N4O4. The second-order valence-corrected chi connectivity index (χ2v) is 7.11. The number of hydrogen-bond donors (Lipinski definition) is 2. The van der Waals surface area contributed by atoms with Crippen LogP contribution in [0.25, 0.3) is 11.4 Å². The lowest BCUT2D eigenvalue weighted by molar-refractivity contribution is -0.140. The van der Waals surface area contributed by atoms with Crippen molar-refractivity contribution in [1.82, 2.24) is 20.6 Å². The van der Waals surface area contributed by atoms with E-state index in [2.05, 4.69) is 20.6 Å². The molecule has 11 heteroatoms. The van der Waals surface area contributed by atoms with Crippen LogP contribution in [0.5, 0.6) is 23.0 Å². The third-order valence-corrected chi connectivity index (χ3v) is 4.80. The summed E-state index contributed by atoms with van der Waals surface area (Å²) in [5, 5.41) is 23.7. The van der Waals surface area contributed by atoms with E-state index in [0.29, 0.717) is 34.7 Å². The fraction of sp³-hybridized carbons (Fsp3) is 0.130. The van der Waals surface area contributed by atoms with Crippen LogP contribution in [-0.2, 0) is 24.0 Å². The van der Waals surface area contributed by atoms with Gasteiger partial charge in [0.1, 0.15) is 41.5 Å². The third kappa shape index (κ3) is 5.14. The molecule has 0 fully saturated rings. The normalized spacial score (nSPS) is 11.3. The van der Waals surface area contributed by atoms with E-state index in [0.717, 1.165) is 6.07 Å². The average Bonchev–Trinajstić information content (AvgIpc) is 3.35. The first-order chi connectivity index (χ1) is 16.3. The molecule has 1 heterocycles. The predicted octanol–water partition coefficient (Wildman–Crippen LogP) is 4.70. The van der Waals surface area contributed by atoms with E-state index >= 15 is 0 Å². The average molecular weight is 470 g/mol. The van der Waals surface area contributed by atoms with Crippen molar-refractivity contribution in [3.63, 3.8) is 0 Å². The Morgan fingerprint density at radius 3 is 2.50 bits per heavy atom. The molecule has 0 saturated heterocycles. The molecule has 0 amide bonds. The molecule has 3 aromatic carbocycles. The lowest BCUT2D eigenvalue weighted by atomic mass is 10.0. The van der Waals surface area contributed by atoms with Gasteiger partial charge in [0.25, 0.3) is 0 Å². The summed E-state index contributed by atoms with van der Waals surface area (Å²) in [6.07, 6.45) is -4.78. The van der Waals surface area contributed by atoms with E-state index in [9.17, 15) is 23.1 Å². The molecule has 0 aliphatic heterocycles. The fourth-order valence-corrected chi connectivity index (χ4v) is 3.20. The second-order valence-electron chi connectivity index (χ2n) is 7.11. The molecule has 0 bridgehead atoms. The van der Waals surface area contributed by atoms with E-state index in [1.807, 2.05) is 0 Å². The fourth-order valence-electron chi connectivity index (χ4n) is 3.20. The summed E-state index contributed by atoms with van der Waals surface area (Å²) in [6, 6.07) is 16.0. The second kappa shape index (κ2) is 9.61. The number of benzene rings is 3. The largest absolute Gasteiger partial charge is 0.507 e. The van der Waals surface area contributed by atoms with Gasteiger partial charge in [0.05, 0.1) is 0 Å². The molecule has 4 rings (SSSR count). The zero-order valence-corrected chi connectivity index (χ0v) is 17.4. The number of aromatic nitrogens is 4. The minimum atomic E-state index is -4.86. The zero-order chi connectivity index (χ0) is 24.1. The van der Waals surface area contributed by atoms with Crippen molar-refractivity contribution in [2.45, 2.75) is 19.2 Å². The smallest absolute Gasteiger partial charge is 0.423 e. The number of H-pyrrole nitrogens is 1. The number of aromatic amines is 1. The lowest BCUT2D eigenvalue weighted by Crippen LogP contribution is -2.10. The van der Waals surface area contributed by atoms with E-state index in [4.69, 9.17) is 9.47 Å². The van der Waals surface area contributed by atoms with Crippen LogP contribution >= 0.6 is 0 Å². The van der Waals surface area contributed by atoms with Crippen LogP contribution in [0.15, 0.2) is 60.7 Å². The molecule has 34 heavy (non-hydrogen) atoms. The highest BCUT2D eigenvalue weighted by atomic mass is 19.4. The van der Waals surface area contributed by atoms with Gasteiger partial charge >= 0.3 is 6.18 Å². The van der Waals surface area contributed by atoms with Crippen molar-refractivity contribution in [2.75, 3.05) is 0 Å². The van der Waals surface area contributed by atoms with Crippen LogP contribution < -0.4 is 9.47 Å². The molecule has 0 unspecified atom stereocenters. The van der Waals surface area contributed by atoms with Gasteiger partial charge in [0, 0.05) is 17.5 Å². The molecule has 0 aliphatic rings. The quantitative estimate of drug-likeness (QED) is 0.359.